The molecule has 0 radical (unpaired) electrons. The van der Waals surface area contributed by atoms with Gasteiger partial charge in [0.2, 0.25) is 5.69 Å². The van der Waals surface area contributed by atoms with Crippen LogP contribution in [-0.2, 0) is 52.4 Å². The average molecular weight is 864 g/mol. The van der Waals surface area contributed by atoms with Crippen LogP contribution >= 0.6 is 0 Å². The number of phenolic OH excluding ortho intramolecular Hbond substituents is 1. The van der Waals surface area contributed by atoms with E-state index in [0.29, 0.717) is 50.8 Å². The third-order valence-electron chi connectivity index (χ3n) is 10.8. The number of allylic oxidation sites excluding steroid dienone is 8. The van der Waals surface area contributed by atoms with Crippen molar-refractivity contribution in [3.63, 3.8) is 0 Å². The number of hydrogen-bond acceptors (Lipinski definition) is 9. The van der Waals surface area contributed by atoms with E-state index in [-0.39, 0.29) is 37.2 Å². The lowest BCUT2D eigenvalue weighted by Crippen LogP contribution is -2.31. The number of carboxylic acids is 1. The molecule has 2 aliphatic rings. The van der Waals surface area contributed by atoms with E-state index < -0.39 is 58.7 Å². The van der Waals surface area contributed by atoms with Crippen molar-refractivity contribution < 1.29 is 58.5 Å². The van der Waals surface area contributed by atoms with Crippen molar-refractivity contribution in [1.82, 2.24) is 0 Å². The second kappa shape index (κ2) is 19.3. The Labute approximate surface area is 342 Å². The van der Waals surface area contributed by atoms with E-state index >= 15 is 0 Å². The van der Waals surface area contributed by atoms with Gasteiger partial charge in [-0.3, -0.25) is 18.5 Å². The average Bonchev–Trinajstić information content (AvgIpc) is 3.48. The summed E-state index contributed by atoms with van der Waals surface area (Å²) in [6, 6.07) is 10.7. The summed E-state index contributed by atoms with van der Waals surface area (Å²) >= 11 is 0. The second-order valence-electron chi connectivity index (χ2n) is 15.2. The maximum Gasteiger partial charge on any atom is 0.307 e. The largest absolute Gasteiger partial charge is 0.508 e. The second-order valence-corrected chi connectivity index (χ2v) is 19.9. The molecule has 0 spiro atoms. The Morgan fingerprint density at radius 1 is 0.724 bits per heavy atom. The van der Waals surface area contributed by atoms with Crippen LogP contribution in [0.4, 0.5) is 11.4 Å². The number of rotatable bonds is 22. The maximum absolute atomic E-state index is 11.6. The molecular weight excluding hydrogens is 809 g/mol. The van der Waals surface area contributed by atoms with Crippen LogP contribution in [0.25, 0.3) is 0 Å². The molecule has 2 aromatic carbocycles. The molecule has 2 heterocycles. The Balaban J connectivity index is 1.66. The molecule has 2 aliphatic heterocycles. The predicted molar refractivity (Wildman–Crippen MR) is 225 cm³/mol. The normalized spacial score (nSPS) is 20.7. The van der Waals surface area contributed by atoms with Gasteiger partial charge in [0.1, 0.15) is 12.3 Å². The summed E-state index contributed by atoms with van der Waals surface area (Å²) in [6.45, 7) is 7.12. The fourth-order valence-corrected chi connectivity index (χ4v) is 9.81. The van der Waals surface area contributed by atoms with Crippen molar-refractivity contribution in [3.8, 4) is 5.75 Å². The van der Waals surface area contributed by atoms with Crippen LogP contribution in [0.5, 0.6) is 5.75 Å². The third-order valence-corrected chi connectivity index (χ3v) is 13.3. The molecule has 2 aromatic rings. The van der Waals surface area contributed by atoms with Crippen molar-refractivity contribution in [2.75, 3.05) is 35.2 Å². The first kappa shape index (κ1) is 46.6. The van der Waals surface area contributed by atoms with Gasteiger partial charge in [-0.25, -0.2) is 0 Å². The maximum atomic E-state index is 11.6. The van der Waals surface area contributed by atoms with E-state index in [4.69, 9.17) is 0 Å². The molecule has 0 bridgehead atoms. The lowest BCUT2D eigenvalue weighted by molar-refractivity contribution is -0.438. The summed E-state index contributed by atoms with van der Waals surface area (Å²) in [4.78, 5) is 13.8. The van der Waals surface area contributed by atoms with Crippen LogP contribution in [0.1, 0.15) is 88.8 Å². The van der Waals surface area contributed by atoms with Crippen LogP contribution in [0, 0.1) is 0 Å². The Bertz CT molecular complexity index is 2330. The van der Waals surface area contributed by atoms with Crippen LogP contribution in [0.15, 0.2) is 84.6 Å². The van der Waals surface area contributed by atoms with Crippen LogP contribution in [0.2, 0.25) is 0 Å². The van der Waals surface area contributed by atoms with Gasteiger partial charge in [-0.2, -0.15) is 29.8 Å². The number of aromatic hydroxyl groups is 1. The van der Waals surface area contributed by atoms with Crippen molar-refractivity contribution in [2.24, 2.45) is 0 Å². The highest BCUT2D eigenvalue weighted by Crippen LogP contribution is 2.51. The highest BCUT2D eigenvalue weighted by Gasteiger charge is 2.47. The van der Waals surface area contributed by atoms with E-state index in [2.05, 4.69) is 11.8 Å². The molecule has 0 fully saturated rings. The number of carboxylic acid groups (broad SMARTS) is 1. The molecule has 14 nitrogen and oxygen atoms in total. The molecule has 0 amide bonds. The Hall–Kier alpha value is -4.13. The molecule has 17 heteroatoms. The highest BCUT2D eigenvalue weighted by atomic mass is 32.2. The van der Waals surface area contributed by atoms with Crippen molar-refractivity contribution in [1.29, 1.82) is 0 Å². The van der Waals surface area contributed by atoms with Gasteiger partial charge < -0.3 is 15.1 Å². The van der Waals surface area contributed by atoms with Crippen molar-refractivity contribution in [3.05, 3.63) is 101 Å². The summed E-state index contributed by atoms with van der Waals surface area (Å²) in [5.41, 5.74) is 4.65. The molecule has 2 atom stereocenters. The standard InChI is InChI=1S/C41H54N2O12S3/c1-4-42-35-21-19-32(44)30-34(35)41(3,23-11-14-26-57(50,51)52)37(42)16-8-6-5-7-9-17-38-40(2,22-10-13-25-56(47,48)49)33-28-31(29-39(45)46)18-20-36(33)43(38)24-12-15-27-58(53,54)55/h5-9,16-21,28,30H,4,10-15,22-27,29H2,1-3H3,(H4-,44,45,46,47,48,49,50,51,52,53,54,55)/p+1. The van der Waals surface area contributed by atoms with Gasteiger partial charge in [-0.1, -0.05) is 49.3 Å². The van der Waals surface area contributed by atoms with Gasteiger partial charge in [0.05, 0.1) is 29.1 Å². The monoisotopic (exact) mass is 863 g/mol. The zero-order chi connectivity index (χ0) is 42.9. The lowest BCUT2D eigenvalue weighted by atomic mass is 9.75. The van der Waals surface area contributed by atoms with Crippen LogP contribution in [0.3, 0.4) is 0 Å². The van der Waals surface area contributed by atoms with Crippen molar-refractivity contribution in [2.45, 2.75) is 89.4 Å². The molecule has 2 unspecified atom stereocenters. The molecule has 5 N–H and O–H groups in total. The number of aliphatic carboxylic acids is 1. The minimum absolute atomic E-state index is 0.125. The van der Waals surface area contributed by atoms with Gasteiger partial charge in [-0.05, 0) is 94.3 Å². The molecule has 0 aliphatic carbocycles. The molecule has 0 saturated carbocycles. The number of fused-ring (bicyclic) bond motifs is 2. The number of likely N-dealkylation sites (N-methyl/N-ethyl adjacent to an activating group) is 1. The van der Waals surface area contributed by atoms with E-state index in [9.17, 15) is 53.9 Å². The topological polar surface area (TPSA) is 227 Å². The Kier molecular flexibility index (Phi) is 15.5. The zero-order valence-electron chi connectivity index (χ0n) is 33.1. The Morgan fingerprint density at radius 2 is 1.29 bits per heavy atom. The van der Waals surface area contributed by atoms with E-state index in [1.54, 1.807) is 18.2 Å². The number of phenols is 1. The predicted octanol–water partition coefficient (Wildman–Crippen LogP) is 6.51. The minimum atomic E-state index is -4.17. The SMILES string of the molecule is CCN1/C(=C/C=C/C=C/C=C/C2=[N+](CCCCS(=O)(=O)O)c3ccc(CC(=O)O)cc3C2(C)CCCCS(=O)(=O)O)C(C)(CCCCS(=O)(=O)O)c2cc(O)ccc21. The first-order chi connectivity index (χ1) is 27.1. The van der Waals surface area contributed by atoms with E-state index in [0.717, 1.165) is 33.9 Å². The summed E-state index contributed by atoms with van der Waals surface area (Å²) in [6.07, 6.45) is 16.1. The number of hydrogen-bond donors (Lipinski definition) is 5. The van der Waals surface area contributed by atoms with Crippen LogP contribution < -0.4 is 4.90 Å². The number of anilines is 1. The quantitative estimate of drug-likeness (QED) is 0.0369. The number of nitrogens with zero attached hydrogens (tertiary/aromatic N) is 2. The summed E-state index contributed by atoms with van der Waals surface area (Å²) in [7, 11) is -12.4. The van der Waals surface area contributed by atoms with Crippen molar-refractivity contribution >= 4 is 53.4 Å². The van der Waals surface area contributed by atoms with Gasteiger partial charge in [0.15, 0.2) is 5.71 Å². The first-order valence-electron chi connectivity index (χ1n) is 19.3. The fourth-order valence-electron chi connectivity index (χ4n) is 8.10. The molecule has 0 saturated heterocycles. The van der Waals surface area contributed by atoms with Gasteiger partial charge in [-0.15, -0.1) is 0 Å². The summed E-state index contributed by atoms with van der Waals surface area (Å²) in [5.74, 6) is -2.00. The van der Waals surface area contributed by atoms with E-state index in [1.807, 2.05) is 79.2 Å². The number of benzene rings is 2. The number of carbonyl (C=O) groups is 1. The Morgan fingerprint density at radius 3 is 1.88 bits per heavy atom. The molecule has 4 rings (SSSR count). The number of unbranched alkanes of at least 4 members (excludes halogenated alkanes) is 3. The van der Waals surface area contributed by atoms with Crippen LogP contribution in [-0.4, -0.2) is 95.7 Å². The van der Waals surface area contributed by atoms with Gasteiger partial charge in [0.25, 0.3) is 30.4 Å². The lowest BCUT2D eigenvalue weighted by Gasteiger charge is -2.30. The summed E-state index contributed by atoms with van der Waals surface area (Å²) < 4.78 is 98.5. The van der Waals surface area contributed by atoms with Gasteiger partial charge in [0, 0.05) is 47.5 Å². The molecular formula is C41H55N2O12S3+. The molecule has 0 aromatic heterocycles. The smallest absolute Gasteiger partial charge is 0.307 e. The summed E-state index contributed by atoms with van der Waals surface area (Å²) in [5, 5.41) is 19.9. The zero-order valence-corrected chi connectivity index (χ0v) is 35.6. The molecule has 318 valence electrons. The van der Waals surface area contributed by atoms with Gasteiger partial charge >= 0.3 is 5.97 Å². The third kappa shape index (κ3) is 12.4. The fraction of sp³-hybridized carbons (Fsp3) is 0.463. The van der Waals surface area contributed by atoms with E-state index in [1.165, 1.54) is 0 Å². The minimum Gasteiger partial charge on any atom is -0.508 e. The molecule has 58 heavy (non-hydrogen) atoms. The first-order valence-corrected chi connectivity index (χ1v) is 24.1. The highest BCUT2D eigenvalue weighted by molar-refractivity contribution is 7.86.